The van der Waals surface area contributed by atoms with E-state index >= 15 is 0 Å². The maximum absolute atomic E-state index is 14.5. The van der Waals surface area contributed by atoms with Crippen LogP contribution in [0.1, 0.15) is 64.5 Å². The molecule has 3 rings (SSSR count). The number of ether oxygens (including phenoxy) is 3. The molecular formula is C32H44N2O6. The first-order valence-corrected chi connectivity index (χ1v) is 14.3. The predicted octanol–water partition coefficient (Wildman–Crippen LogP) is 5.23. The van der Waals surface area contributed by atoms with Crippen molar-refractivity contribution in [1.82, 2.24) is 9.80 Å². The summed E-state index contributed by atoms with van der Waals surface area (Å²) in [5.41, 5.74) is 1.74. The van der Waals surface area contributed by atoms with Crippen LogP contribution in [-0.2, 0) is 32.2 Å². The number of piperazine rings is 1. The topological polar surface area (TPSA) is 85.4 Å². The minimum Gasteiger partial charge on any atom is -0.497 e. The standard InChI is InChI=1S/C32H44N2O6/c1-7-9-10-11-27(32(37)40-8-2)29-31(36)33(20-23-12-16-25(38-5)17-13-23)28(22(3)4)30(35)34(29)21-24-14-18-26(39-6)19-15-24/h12-19,22,27-29H,7-11,20-21H2,1-6H3/t27-,28+,29-/m1/s1. The molecule has 0 bridgehead atoms. The van der Waals surface area contributed by atoms with E-state index in [1.807, 2.05) is 62.4 Å². The molecule has 218 valence electrons. The van der Waals surface area contributed by atoms with Gasteiger partial charge in [-0.2, -0.15) is 0 Å². The van der Waals surface area contributed by atoms with E-state index in [-0.39, 0.29) is 37.4 Å². The second kappa shape index (κ2) is 14.7. The van der Waals surface area contributed by atoms with Crippen LogP contribution in [0, 0.1) is 11.8 Å². The molecule has 8 heteroatoms. The van der Waals surface area contributed by atoms with Gasteiger partial charge in [-0.05, 0) is 54.7 Å². The lowest BCUT2D eigenvalue weighted by atomic mass is 9.85. The molecule has 0 radical (unpaired) electrons. The van der Waals surface area contributed by atoms with Crippen LogP contribution >= 0.6 is 0 Å². The lowest BCUT2D eigenvalue weighted by molar-refractivity contribution is -0.173. The van der Waals surface area contributed by atoms with Crippen LogP contribution in [-0.4, -0.2) is 60.5 Å². The molecule has 0 aromatic heterocycles. The third-order valence-electron chi connectivity index (χ3n) is 7.49. The molecule has 1 aliphatic rings. The van der Waals surface area contributed by atoms with Gasteiger partial charge in [0.2, 0.25) is 11.8 Å². The lowest BCUT2D eigenvalue weighted by Gasteiger charge is -2.48. The highest BCUT2D eigenvalue weighted by Gasteiger charge is 2.51. The third-order valence-corrected chi connectivity index (χ3v) is 7.49. The van der Waals surface area contributed by atoms with E-state index in [1.165, 1.54) is 0 Å². The number of methoxy groups -OCH3 is 2. The fourth-order valence-corrected chi connectivity index (χ4v) is 5.39. The summed E-state index contributed by atoms with van der Waals surface area (Å²) in [7, 11) is 3.20. The average Bonchev–Trinajstić information content (AvgIpc) is 2.95. The Morgan fingerprint density at radius 1 is 0.775 bits per heavy atom. The monoisotopic (exact) mass is 552 g/mol. The van der Waals surface area contributed by atoms with Crippen molar-refractivity contribution < 1.29 is 28.6 Å². The molecule has 3 atom stereocenters. The molecule has 0 aliphatic carbocycles. The van der Waals surface area contributed by atoms with Crippen LogP contribution in [0.15, 0.2) is 48.5 Å². The van der Waals surface area contributed by atoms with Crippen molar-refractivity contribution in [2.75, 3.05) is 20.8 Å². The summed E-state index contributed by atoms with van der Waals surface area (Å²) < 4.78 is 16.1. The van der Waals surface area contributed by atoms with Crippen molar-refractivity contribution in [2.45, 2.75) is 78.6 Å². The summed E-state index contributed by atoms with van der Waals surface area (Å²) in [6.45, 7) is 8.43. The van der Waals surface area contributed by atoms with Gasteiger partial charge >= 0.3 is 5.97 Å². The van der Waals surface area contributed by atoms with Gasteiger partial charge in [0.15, 0.2) is 0 Å². The second-order valence-electron chi connectivity index (χ2n) is 10.6. The Bertz CT molecular complexity index is 1120. The van der Waals surface area contributed by atoms with Crippen LogP contribution in [0.2, 0.25) is 0 Å². The van der Waals surface area contributed by atoms with E-state index in [2.05, 4.69) is 6.92 Å². The Morgan fingerprint density at radius 3 is 1.68 bits per heavy atom. The van der Waals surface area contributed by atoms with Crippen molar-refractivity contribution in [2.24, 2.45) is 11.8 Å². The molecule has 1 saturated heterocycles. The fourth-order valence-electron chi connectivity index (χ4n) is 5.39. The number of benzene rings is 2. The highest BCUT2D eigenvalue weighted by molar-refractivity contribution is 5.99. The number of esters is 1. The molecular weight excluding hydrogens is 508 g/mol. The first-order chi connectivity index (χ1) is 19.2. The number of carbonyl (C=O) groups is 3. The zero-order valence-corrected chi connectivity index (χ0v) is 24.7. The fraction of sp³-hybridized carbons (Fsp3) is 0.531. The molecule has 1 fully saturated rings. The summed E-state index contributed by atoms with van der Waals surface area (Å²) >= 11 is 0. The lowest BCUT2D eigenvalue weighted by Crippen LogP contribution is -2.67. The van der Waals surface area contributed by atoms with Crippen LogP contribution in [0.3, 0.4) is 0 Å². The van der Waals surface area contributed by atoms with E-state index < -0.39 is 24.0 Å². The SMILES string of the molecule is CCCCC[C@@H](C(=O)OCC)[C@@H]1C(=O)N(Cc2ccc(OC)cc2)[C@@H](C(C)C)C(=O)N1Cc1ccc(OC)cc1. The van der Waals surface area contributed by atoms with Crippen LogP contribution in [0.4, 0.5) is 0 Å². The first-order valence-electron chi connectivity index (χ1n) is 14.3. The van der Waals surface area contributed by atoms with Gasteiger partial charge in [0.05, 0.1) is 26.7 Å². The van der Waals surface area contributed by atoms with E-state index in [0.717, 1.165) is 30.4 Å². The largest absolute Gasteiger partial charge is 0.497 e. The Morgan fingerprint density at radius 2 is 1.25 bits per heavy atom. The maximum atomic E-state index is 14.5. The minimum absolute atomic E-state index is 0.129. The molecule has 0 N–H and O–H groups in total. The van der Waals surface area contributed by atoms with Gasteiger partial charge in [0, 0.05) is 13.1 Å². The Labute approximate surface area is 238 Å². The summed E-state index contributed by atoms with van der Waals surface area (Å²) in [5.74, 6) is -0.284. The molecule has 0 saturated carbocycles. The Hall–Kier alpha value is -3.55. The quantitative estimate of drug-likeness (QED) is 0.236. The van der Waals surface area contributed by atoms with E-state index in [4.69, 9.17) is 14.2 Å². The van der Waals surface area contributed by atoms with Gasteiger partial charge < -0.3 is 24.0 Å². The number of unbranched alkanes of at least 4 members (excludes halogenated alkanes) is 2. The van der Waals surface area contributed by atoms with Crippen molar-refractivity contribution in [1.29, 1.82) is 0 Å². The number of hydrogen-bond acceptors (Lipinski definition) is 6. The highest BCUT2D eigenvalue weighted by Crippen LogP contribution is 2.33. The highest BCUT2D eigenvalue weighted by atomic mass is 16.5. The predicted molar refractivity (Wildman–Crippen MR) is 154 cm³/mol. The number of carbonyl (C=O) groups excluding carboxylic acids is 3. The molecule has 2 aromatic rings. The first kappa shape index (κ1) is 31.0. The Balaban J connectivity index is 2.07. The zero-order chi connectivity index (χ0) is 29.2. The molecule has 1 heterocycles. The van der Waals surface area contributed by atoms with Gasteiger partial charge in [-0.15, -0.1) is 0 Å². The molecule has 1 aliphatic heterocycles. The Kier molecular flexibility index (Phi) is 11.4. The van der Waals surface area contributed by atoms with Crippen molar-refractivity contribution in [3.05, 3.63) is 59.7 Å². The average molecular weight is 553 g/mol. The van der Waals surface area contributed by atoms with Gasteiger partial charge in [-0.25, -0.2) is 0 Å². The zero-order valence-electron chi connectivity index (χ0n) is 24.7. The second-order valence-corrected chi connectivity index (χ2v) is 10.6. The summed E-state index contributed by atoms with van der Waals surface area (Å²) in [5, 5.41) is 0. The van der Waals surface area contributed by atoms with Crippen molar-refractivity contribution >= 4 is 17.8 Å². The normalized spacial score (nSPS) is 18.2. The van der Waals surface area contributed by atoms with E-state index in [0.29, 0.717) is 17.9 Å². The van der Waals surface area contributed by atoms with Gasteiger partial charge in [-0.1, -0.05) is 64.3 Å². The summed E-state index contributed by atoms with van der Waals surface area (Å²) in [4.78, 5) is 45.4. The summed E-state index contributed by atoms with van der Waals surface area (Å²) in [6, 6.07) is 13.3. The number of nitrogens with zero attached hydrogens (tertiary/aromatic N) is 2. The van der Waals surface area contributed by atoms with E-state index in [1.54, 1.807) is 30.9 Å². The van der Waals surface area contributed by atoms with Crippen molar-refractivity contribution in [3.63, 3.8) is 0 Å². The maximum Gasteiger partial charge on any atom is 0.311 e. The van der Waals surface area contributed by atoms with Crippen LogP contribution in [0.25, 0.3) is 0 Å². The molecule has 40 heavy (non-hydrogen) atoms. The van der Waals surface area contributed by atoms with Gasteiger partial charge in [0.25, 0.3) is 0 Å². The van der Waals surface area contributed by atoms with Gasteiger partial charge in [0.1, 0.15) is 23.6 Å². The van der Waals surface area contributed by atoms with Gasteiger partial charge in [-0.3, -0.25) is 14.4 Å². The molecule has 0 spiro atoms. The van der Waals surface area contributed by atoms with Crippen LogP contribution < -0.4 is 9.47 Å². The minimum atomic E-state index is -0.959. The molecule has 2 amide bonds. The van der Waals surface area contributed by atoms with E-state index in [9.17, 15) is 14.4 Å². The molecule has 2 aromatic carbocycles. The third kappa shape index (κ3) is 7.34. The molecule has 8 nitrogen and oxygen atoms in total. The van der Waals surface area contributed by atoms with Crippen LogP contribution in [0.5, 0.6) is 11.5 Å². The summed E-state index contributed by atoms with van der Waals surface area (Å²) in [6.07, 6.45) is 3.13. The number of hydrogen-bond donors (Lipinski definition) is 0. The number of amides is 2. The smallest absolute Gasteiger partial charge is 0.311 e. The van der Waals surface area contributed by atoms with Crippen molar-refractivity contribution in [3.8, 4) is 11.5 Å². The number of rotatable bonds is 14. The molecule has 0 unspecified atom stereocenters.